The SMILES string of the molecule is O=NN1CCCCC1c1ccc[n+](C2OC(CO)C(O)C(O)C2O)c1.[Cl-]. The van der Waals surface area contributed by atoms with Crippen molar-refractivity contribution in [1.29, 1.82) is 0 Å². The van der Waals surface area contributed by atoms with E-state index in [1.165, 1.54) is 5.01 Å². The maximum Gasteiger partial charge on any atom is 0.292 e. The summed E-state index contributed by atoms with van der Waals surface area (Å²) in [5.41, 5.74) is 0.846. The summed E-state index contributed by atoms with van der Waals surface area (Å²) in [7, 11) is 0. The third-order valence-corrected chi connectivity index (χ3v) is 4.97. The topological polar surface area (TPSA) is 127 Å². The van der Waals surface area contributed by atoms with Gasteiger partial charge < -0.3 is 37.6 Å². The zero-order valence-corrected chi connectivity index (χ0v) is 14.9. The Morgan fingerprint density at radius 1 is 1.23 bits per heavy atom. The number of ether oxygens (including phenoxy) is 1. The van der Waals surface area contributed by atoms with Gasteiger partial charge in [0.2, 0.25) is 0 Å². The fraction of sp³-hybridized carbons (Fsp3) is 0.688. The summed E-state index contributed by atoms with van der Waals surface area (Å²) in [5.74, 6) is 0. The van der Waals surface area contributed by atoms with Crippen molar-refractivity contribution < 1.29 is 42.1 Å². The molecule has 0 radical (unpaired) electrons. The molecule has 2 fully saturated rings. The van der Waals surface area contributed by atoms with Gasteiger partial charge in [0.25, 0.3) is 6.23 Å². The van der Waals surface area contributed by atoms with Crippen LogP contribution < -0.4 is 17.0 Å². The number of nitroso groups, excluding NO2 is 1. The van der Waals surface area contributed by atoms with E-state index < -0.39 is 37.3 Å². The van der Waals surface area contributed by atoms with Crippen molar-refractivity contribution in [2.75, 3.05) is 13.2 Å². The molecule has 1 aromatic rings. The lowest BCUT2D eigenvalue weighted by Gasteiger charge is -2.37. The van der Waals surface area contributed by atoms with Crippen LogP contribution in [0.2, 0.25) is 0 Å². The Morgan fingerprint density at radius 2 is 2.00 bits per heavy atom. The molecule has 146 valence electrons. The first kappa shape index (κ1) is 20.9. The van der Waals surface area contributed by atoms with Gasteiger partial charge in [0, 0.05) is 18.2 Å². The van der Waals surface area contributed by atoms with Gasteiger partial charge in [-0.05, 0) is 25.3 Å². The largest absolute Gasteiger partial charge is 1.00 e. The predicted molar refractivity (Wildman–Crippen MR) is 84.7 cm³/mol. The number of hydrogen-bond acceptors (Lipinski definition) is 7. The molecule has 6 unspecified atom stereocenters. The molecule has 3 heterocycles. The maximum absolute atomic E-state index is 11.1. The van der Waals surface area contributed by atoms with Gasteiger partial charge in [-0.15, -0.1) is 4.91 Å². The van der Waals surface area contributed by atoms with E-state index in [4.69, 9.17) is 4.74 Å². The highest BCUT2D eigenvalue weighted by molar-refractivity contribution is 5.12. The minimum Gasteiger partial charge on any atom is -1.00 e. The molecule has 6 atom stereocenters. The quantitative estimate of drug-likeness (QED) is 0.307. The maximum atomic E-state index is 11.1. The summed E-state index contributed by atoms with van der Waals surface area (Å²) >= 11 is 0. The summed E-state index contributed by atoms with van der Waals surface area (Å²) in [6, 6.07) is 3.48. The summed E-state index contributed by atoms with van der Waals surface area (Å²) in [6.45, 7) is 0.121. The van der Waals surface area contributed by atoms with Crippen LogP contribution in [0, 0.1) is 4.91 Å². The van der Waals surface area contributed by atoms with Crippen molar-refractivity contribution in [3.8, 4) is 0 Å². The molecule has 0 aromatic carbocycles. The molecule has 2 aliphatic heterocycles. The molecular formula is C16H24ClN3O6. The van der Waals surface area contributed by atoms with Crippen molar-refractivity contribution in [2.24, 2.45) is 5.29 Å². The van der Waals surface area contributed by atoms with E-state index in [0.717, 1.165) is 24.8 Å². The number of piperidine rings is 1. The summed E-state index contributed by atoms with van der Waals surface area (Å²) in [5, 5.41) is 44.0. The molecule has 2 saturated heterocycles. The van der Waals surface area contributed by atoms with Gasteiger partial charge in [0.15, 0.2) is 18.5 Å². The number of rotatable bonds is 4. The molecule has 10 heteroatoms. The van der Waals surface area contributed by atoms with Crippen LogP contribution in [-0.2, 0) is 4.74 Å². The normalized spacial score (nSPS) is 34.8. The van der Waals surface area contributed by atoms with Crippen LogP contribution in [0.15, 0.2) is 29.8 Å². The highest BCUT2D eigenvalue weighted by atomic mass is 35.5. The van der Waals surface area contributed by atoms with Crippen LogP contribution in [0.5, 0.6) is 0 Å². The van der Waals surface area contributed by atoms with E-state index in [9.17, 15) is 25.3 Å². The molecule has 3 rings (SSSR count). The van der Waals surface area contributed by atoms with Gasteiger partial charge in [-0.1, -0.05) is 0 Å². The number of aliphatic hydroxyl groups is 4. The van der Waals surface area contributed by atoms with Crippen molar-refractivity contribution in [2.45, 2.75) is 55.9 Å². The highest BCUT2D eigenvalue weighted by Crippen LogP contribution is 2.31. The van der Waals surface area contributed by atoms with Crippen LogP contribution in [0.3, 0.4) is 0 Å². The summed E-state index contributed by atoms with van der Waals surface area (Å²) < 4.78 is 7.14. The van der Waals surface area contributed by atoms with Crippen LogP contribution in [0.25, 0.3) is 0 Å². The lowest BCUT2D eigenvalue weighted by molar-refractivity contribution is -0.778. The third-order valence-electron chi connectivity index (χ3n) is 4.97. The zero-order chi connectivity index (χ0) is 18.0. The standard InChI is InChI=1S/C16H24N3O6.ClH/c20-9-12-13(21)14(22)15(23)16(25-12)18-6-3-4-10(8-18)11-5-1-2-7-19(11)17-24;/h3-4,6,8,11-16,20-23H,1-2,5,7,9H2;1H/q+1;/p-1. The molecule has 0 saturated carbocycles. The Hall–Kier alpha value is -1.36. The molecule has 1 aromatic heterocycles. The van der Waals surface area contributed by atoms with E-state index in [2.05, 4.69) is 5.29 Å². The van der Waals surface area contributed by atoms with Gasteiger partial charge in [-0.25, -0.2) is 0 Å². The Labute approximate surface area is 157 Å². The van der Waals surface area contributed by atoms with E-state index in [0.29, 0.717) is 6.54 Å². The number of pyridine rings is 1. The molecule has 0 bridgehead atoms. The van der Waals surface area contributed by atoms with Gasteiger partial charge in [0.1, 0.15) is 18.3 Å². The lowest BCUT2D eigenvalue weighted by Crippen LogP contribution is -3.00. The van der Waals surface area contributed by atoms with E-state index in [1.807, 2.05) is 6.07 Å². The molecular weight excluding hydrogens is 366 g/mol. The number of hydrogen-bond donors (Lipinski definition) is 4. The van der Waals surface area contributed by atoms with Crippen LogP contribution in [0.4, 0.5) is 0 Å². The fourth-order valence-corrected chi connectivity index (χ4v) is 3.55. The number of nitrogens with zero attached hydrogens (tertiary/aromatic N) is 3. The zero-order valence-electron chi connectivity index (χ0n) is 14.1. The van der Waals surface area contributed by atoms with E-state index in [-0.39, 0.29) is 18.4 Å². The first-order valence-corrected chi connectivity index (χ1v) is 8.48. The molecule has 2 aliphatic rings. The Kier molecular flexibility index (Phi) is 7.27. The van der Waals surface area contributed by atoms with Crippen LogP contribution in [0.1, 0.15) is 37.1 Å². The monoisotopic (exact) mass is 389 g/mol. The molecule has 4 N–H and O–H groups in total. The predicted octanol–water partition coefficient (Wildman–Crippen LogP) is -3.84. The Balaban J connectivity index is 0.00000243. The Bertz CT molecular complexity index is 607. The molecule has 9 nitrogen and oxygen atoms in total. The second-order valence-electron chi connectivity index (χ2n) is 6.56. The summed E-state index contributed by atoms with van der Waals surface area (Å²) in [4.78, 5) is 11.1. The van der Waals surface area contributed by atoms with Gasteiger partial charge >= 0.3 is 0 Å². The van der Waals surface area contributed by atoms with Crippen molar-refractivity contribution in [3.05, 3.63) is 35.0 Å². The lowest BCUT2D eigenvalue weighted by atomic mass is 9.97. The van der Waals surface area contributed by atoms with Gasteiger partial charge in [-0.3, -0.25) is 5.01 Å². The van der Waals surface area contributed by atoms with Crippen LogP contribution >= 0.6 is 0 Å². The average Bonchev–Trinajstić information content (AvgIpc) is 2.66. The molecule has 0 amide bonds. The first-order valence-electron chi connectivity index (χ1n) is 8.48. The first-order chi connectivity index (χ1) is 12.1. The van der Waals surface area contributed by atoms with Crippen LogP contribution in [-0.4, -0.2) is 63.0 Å². The second-order valence-corrected chi connectivity index (χ2v) is 6.56. The van der Waals surface area contributed by atoms with Crippen molar-refractivity contribution >= 4 is 0 Å². The smallest absolute Gasteiger partial charge is 0.292 e. The molecule has 0 spiro atoms. The number of aromatic nitrogens is 1. The van der Waals surface area contributed by atoms with E-state index in [1.54, 1.807) is 23.0 Å². The number of aliphatic hydroxyl groups excluding tert-OH is 4. The van der Waals surface area contributed by atoms with Crippen molar-refractivity contribution in [1.82, 2.24) is 5.01 Å². The fourth-order valence-electron chi connectivity index (χ4n) is 3.55. The minimum atomic E-state index is -1.44. The third kappa shape index (κ3) is 3.98. The van der Waals surface area contributed by atoms with E-state index >= 15 is 0 Å². The second kappa shape index (κ2) is 9.03. The van der Waals surface area contributed by atoms with Gasteiger partial charge in [-0.2, -0.15) is 4.57 Å². The summed E-state index contributed by atoms with van der Waals surface area (Å²) in [6.07, 6.45) is -0.0110. The minimum absolute atomic E-state index is 0. The average molecular weight is 390 g/mol. The molecule has 0 aliphatic carbocycles. The Morgan fingerprint density at radius 3 is 2.69 bits per heavy atom. The van der Waals surface area contributed by atoms with Crippen molar-refractivity contribution in [3.63, 3.8) is 0 Å². The highest BCUT2D eigenvalue weighted by Gasteiger charge is 2.48. The number of halogens is 1. The van der Waals surface area contributed by atoms with Gasteiger partial charge in [0.05, 0.1) is 17.9 Å². The molecule has 26 heavy (non-hydrogen) atoms.